The Morgan fingerprint density at radius 1 is 0.419 bits per heavy atom. The van der Waals surface area contributed by atoms with Crippen LogP contribution in [0.5, 0.6) is 0 Å². The summed E-state index contributed by atoms with van der Waals surface area (Å²) in [4.78, 5) is 19.6. The number of hydrogen-bond acceptors (Lipinski definition) is 5. The maximum atomic E-state index is 6.15. The molecule has 5 heteroatoms. The molecule has 200 valence electrons. The number of rotatable bonds is 3. The Bertz CT molecular complexity index is 2520. The van der Waals surface area contributed by atoms with Gasteiger partial charge in [-0.05, 0) is 39.1 Å². The van der Waals surface area contributed by atoms with Gasteiger partial charge in [-0.25, -0.2) is 15.0 Å². The van der Waals surface area contributed by atoms with E-state index in [1.54, 1.807) is 12.4 Å². The van der Waals surface area contributed by atoms with Crippen LogP contribution in [-0.4, -0.2) is 19.9 Å². The molecule has 3 heterocycles. The van der Waals surface area contributed by atoms with Gasteiger partial charge in [-0.3, -0.25) is 4.98 Å². The van der Waals surface area contributed by atoms with Crippen LogP contribution >= 0.6 is 0 Å². The van der Waals surface area contributed by atoms with Crippen molar-refractivity contribution in [3.05, 3.63) is 134 Å². The van der Waals surface area contributed by atoms with Crippen LogP contribution in [0.15, 0.2) is 138 Å². The lowest BCUT2D eigenvalue weighted by Gasteiger charge is -2.13. The SMILES string of the molecule is c1ccc(-c2nc(-c3cccc4ccc5c6ccccc6ccc5c34)nc(-c3cccc4oc5cnccc5c34)n2)cc1. The van der Waals surface area contributed by atoms with Gasteiger partial charge in [0.15, 0.2) is 23.1 Å². The van der Waals surface area contributed by atoms with Crippen molar-refractivity contribution in [3.8, 4) is 34.2 Å². The summed E-state index contributed by atoms with van der Waals surface area (Å²) in [5.41, 5.74) is 4.28. The van der Waals surface area contributed by atoms with Crippen molar-refractivity contribution in [2.45, 2.75) is 0 Å². The zero-order valence-corrected chi connectivity index (χ0v) is 22.9. The molecule has 9 rings (SSSR count). The van der Waals surface area contributed by atoms with E-state index in [0.29, 0.717) is 17.5 Å². The normalized spacial score (nSPS) is 11.7. The van der Waals surface area contributed by atoms with Crippen LogP contribution in [0.25, 0.3) is 88.4 Å². The number of benzene rings is 6. The summed E-state index contributed by atoms with van der Waals surface area (Å²) < 4.78 is 6.15. The molecule has 0 spiro atoms. The van der Waals surface area contributed by atoms with Gasteiger partial charge >= 0.3 is 0 Å². The van der Waals surface area contributed by atoms with E-state index in [0.717, 1.165) is 49.4 Å². The van der Waals surface area contributed by atoms with Crippen LogP contribution in [0.1, 0.15) is 0 Å². The molecule has 3 aromatic heterocycles. The highest BCUT2D eigenvalue weighted by molar-refractivity contribution is 6.20. The summed E-state index contributed by atoms with van der Waals surface area (Å²) in [6.45, 7) is 0. The first-order chi connectivity index (χ1) is 21.3. The van der Waals surface area contributed by atoms with E-state index >= 15 is 0 Å². The fourth-order valence-electron chi connectivity index (χ4n) is 6.26. The molecular weight excluding hydrogens is 528 g/mol. The molecule has 0 radical (unpaired) electrons. The first kappa shape index (κ1) is 23.7. The standard InChI is InChI=1S/C38H22N4O/c1-2-9-25(10-3-1)36-40-37(42-38(41-36)31-14-7-15-32-35(31)29-20-21-39-22-33(29)43-32)30-13-6-11-24-17-18-27-26-12-5-4-8-23(26)16-19-28(27)34(24)30/h1-22H. The first-order valence-electron chi connectivity index (χ1n) is 14.2. The molecule has 6 aromatic carbocycles. The van der Waals surface area contributed by atoms with Crippen molar-refractivity contribution >= 4 is 54.3 Å². The molecule has 0 aliphatic rings. The topological polar surface area (TPSA) is 64.7 Å². The van der Waals surface area contributed by atoms with Crippen molar-refractivity contribution < 1.29 is 4.42 Å². The zero-order chi connectivity index (χ0) is 28.3. The second-order valence-corrected chi connectivity index (χ2v) is 10.7. The second kappa shape index (κ2) is 9.29. The summed E-state index contributed by atoms with van der Waals surface area (Å²) in [6.07, 6.45) is 3.53. The van der Waals surface area contributed by atoms with Gasteiger partial charge < -0.3 is 4.42 Å². The molecule has 0 fully saturated rings. The predicted molar refractivity (Wildman–Crippen MR) is 174 cm³/mol. The van der Waals surface area contributed by atoms with Crippen LogP contribution in [0.4, 0.5) is 0 Å². The van der Waals surface area contributed by atoms with Gasteiger partial charge in [-0.1, -0.05) is 109 Å². The lowest BCUT2D eigenvalue weighted by Crippen LogP contribution is -2.01. The zero-order valence-electron chi connectivity index (χ0n) is 22.9. The number of aromatic nitrogens is 4. The van der Waals surface area contributed by atoms with Crippen LogP contribution in [0.2, 0.25) is 0 Å². The Morgan fingerprint density at radius 3 is 2.00 bits per heavy atom. The van der Waals surface area contributed by atoms with E-state index in [4.69, 9.17) is 19.4 Å². The highest BCUT2D eigenvalue weighted by Crippen LogP contribution is 2.39. The van der Waals surface area contributed by atoms with Crippen molar-refractivity contribution in [3.63, 3.8) is 0 Å². The third-order valence-corrected chi connectivity index (χ3v) is 8.22. The largest absolute Gasteiger partial charge is 0.454 e. The average molecular weight is 551 g/mol. The van der Waals surface area contributed by atoms with Gasteiger partial charge in [0, 0.05) is 39.0 Å². The maximum absolute atomic E-state index is 6.15. The molecule has 0 bridgehead atoms. The Balaban J connectivity index is 1.37. The molecule has 0 saturated carbocycles. The minimum atomic E-state index is 0.594. The fraction of sp³-hybridized carbons (Fsp3) is 0. The van der Waals surface area contributed by atoms with Crippen molar-refractivity contribution in [2.75, 3.05) is 0 Å². The van der Waals surface area contributed by atoms with Gasteiger partial charge in [0.25, 0.3) is 0 Å². The molecule has 0 amide bonds. The lowest BCUT2D eigenvalue weighted by molar-refractivity contribution is 0.667. The van der Waals surface area contributed by atoms with E-state index in [1.165, 1.54) is 21.5 Å². The summed E-state index contributed by atoms with van der Waals surface area (Å²) in [5, 5.41) is 9.03. The number of fused-ring (bicyclic) bond motifs is 8. The minimum Gasteiger partial charge on any atom is -0.454 e. The average Bonchev–Trinajstić information content (AvgIpc) is 3.47. The first-order valence-corrected chi connectivity index (χ1v) is 14.2. The van der Waals surface area contributed by atoms with Gasteiger partial charge in [0.2, 0.25) is 0 Å². The van der Waals surface area contributed by atoms with E-state index in [9.17, 15) is 0 Å². The van der Waals surface area contributed by atoms with E-state index in [2.05, 4.69) is 77.8 Å². The van der Waals surface area contributed by atoms with Gasteiger partial charge in [-0.15, -0.1) is 0 Å². The molecule has 0 N–H and O–H groups in total. The van der Waals surface area contributed by atoms with E-state index < -0.39 is 0 Å². The number of pyridine rings is 1. The number of hydrogen-bond donors (Lipinski definition) is 0. The molecule has 0 atom stereocenters. The van der Waals surface area contributed by atoms with Crippen LogP contribution in [0, 0.1) is 0 Å². The van der Waals surface area contributed by atoms with Crippen molar-refractivity contribution in [1.29, 1.82) is 0 Å². The molecule has 0 aliphatic heterocycles. The summed E-state index contributed by atoms with van der Waals surface area (Å²) in [7, 11) is 0. The van der Waals surface area contributed by atoms with Gasteiger partial charge in [0.05, 0.1) is 6.20 Å². The number of nitrogens with zero attached hydrogens (tertiary/aromatic N) is 4. The Labute approximate surface area is 246 Å². The monoisotopic (exact) mass is 550 g/mol. The molecule has 43 heavy (non-hydrogen) atoms. The predicted octanol–water partition coefficient (Wildman–Crippen LogP) is 9.63. The van der Waals surface area contributed by atoms with E-state index in [-0.39, 0.29) is 0 Å². The van der Waals surface area contributed by atoms with Crippen LogP contribution in [-0.2, 0) is 0 Å². The summed E-state index contributed by atoms with van der Waals surface area (Å²) >= 11 is 0. The molecule has 5 nitrogen and oxygen atoms in total. The number of furan rings is 1. The third-order valence-electron chi connectivity index (χ3n) is 8.22. The smallest absolute Gasteiger partial charge is 0.164 e. The molecule has 0 unspecified atom stereocenters. The Hall–Kier alpha value is -5.94. The van der Waals surface area contributed by atoms with E-state index in [1.807, 2.05) is 48.5 Å². The van der Waals surface area contributed by atoms with Crippen LogP contribution < -0.4 is 0 Å². The lowest BCUT2D eigenvalue weighted by atomic mass is 9.94. The van der Waals surface area contributed by atoms with Gasteiger partial charge in [0.1, 0.15) is 5.58 Å². The summed E-state index contributed by atoms with van der Waals surface area (Å²) in [5.74, 6) is 1.84. The maximum Gasteiger partial charge on any atom is 0.164 e. The Morgan fingerprint density at radius 2 is 1.12 bits per heavy atom. The quantitative estimate of drug-likeness (QED) is 0.205. The molecule has 0 saturated heterocycles. The third kappa shape index (κ3) is 3.72. The van der Waals surface area contributed by atoms with Crippen molar-refractivity contribution in [2.24, 2.45) is 0 Å². The molecule has 0 aliphatic carbocycles. The summed E-state index contributed by atoms with van der Waals surface area (Å²) in [6, 6.07) is 41.8. The minimum absolute atomic E-state index is 0.594. The van der Waals surface area contributed by atoms with Crippen LogP contribution in [0.3, 0.4) is 0 Å². The Kier molecular flexibility index (Phi) is 5.13. The van der Waals surface area contributed by atoms with Gasteiger partial charge in [-0.2, -0.15) is 0 Å². The van der Waals surface area contributed by atoms with Crippen molar-refractivity contribution in [1.82, 2.24) is 19.9 Å². The second-order valence-electron chi connectivity index (χ2n) is 10.7. The molecule has 9 aromatic rings. The highest BCUT2D eigenvalue weighted by Gasteiger charge is 2.19. The fourth-order valence-corrected chi connectivity index (χ4v) is 6.26. The highest BCUT2D eigenvalue weighted by atomic mass is 16.3. The molecular formula is C38H22N4O.